The van der Waals surface area contributed by atoms with E-state index in [1.807, 2.05) is 0 Å². The minimum atomic E-state index is -0.240. The summed E-state index contributed by atoms with van der Waals surface area (Å²) in [5, 5.41) is 6.36. The van der Waals surface area contributed by atoms with E-state index in [4.69, 9.17) is 0 Å². The number of anilines is 1. The van der Waals surface area contributed by atoms with Crippen LogP contribution in [0.25, 0.3) is 0 Å². The number of halogens is 1. The Balaban J connectivity index is 2.59. The molecule has 3 nitrogen and oxygen atoms in total. The Kier molecular flexibility index (Phi) is 6.22. The average Bonchev–Trinajstić information content (AvgIpc) is 2.34. The van der Waals surface area contributed by atoms with E-state index in [1.54, 1.807) is 12.3 Å². The van der Waals surface area contributed by atoms with Crippen LogP contribution in [0.2, 0.25) is 0 Å². The highest BCUT2D eigenvalue weighted by Gasteiger charge is 2.13. The smallest absolute Gasteiger partial charge is 0.169 e. The molecule has 0 bridgehead atoms. The Labute approximate surface area is 116 Å². The first-order valence-electron chi connectivity index (χ1n) is 7.06. The van der Waals surface area contributed by atoms with Gasteiger partial charge >= 0.3 is 0 Å². The number of pyridine rings is 1. The molecule has 2 N–H and O–H groups in total. The second kappa shape index (κ2) is 7.43. The largest absolute Gasteiger partial charge is 0.368 e. The van der Waals surface area contributed by atoms with Gasteiger partial charge in [0.05, 0.1) is 0 Å². The first-order valence-corrected chi connectivity index (χ1v) is 7.06. The van der Waals surface area contributed by atoms with Gasteiger partial charge in [-0.25, -0.2) is 9.37 Å². The van der Waals surface area contributed by atoms with Gasteiger partial charge in [-0.2, -0.15) is 0 Å². The molecule has 0 saturated carbocycles. The zero-order valence-electron chi connectivity index (χ0n) is 12.5. The fraction of sp³-hybridized carbons (Fsp3) is 0.667. The fourth-order valence-corrected chi connectivity index (χ4v) is 1.69. The molecular formula is C15H26FN3. The lowest BCUT2D eigenvalue weighted by Gasteiger charge is -2.21. The lowest BCUT2D eigenvalue weighted by Crippen LogP contribution is -2.35. The Morgan fingerprint density at radius 3 is 2.63 bits per heavy atom. The van der Waals surface area contributed by atoms with E-state index >= 15 is 0 Å². The number of hydrogen-bond acceptors (Lipinski definition) is 3. The number of nitrogens with zero attached hydrogens (tertiary/aromatic N) is 1. The molecule has 0 fully saturated rings. The summed E-state index contributed by atoms with van der Waals surface area (Å²) >= 11 is 0. The molecule has 0 aliphatic rings. The van der Waals surface area contributed by atoms with E-state index in [0.717, 1.165) is 25.8 Å². The molecule has 4 heteroatoms. The first kappa shape index (κ1) is 15.9. The predicted octanol–water partition coefficient (Wildman–Crippen LogP) is 3.71. The molecule has 0 aliphatic heterocycles. The van der Waals surface area contributed by atoms with Crippen LogP contribution in [0.1, 0.15) is 52.5 Å². The zero-order chi connectivity index (χ0) is 14.3. The SMILES string of the molecule is CCCCCNc1nccc(CNC(C)(C)C)c1F. The second-order valence-electron chi connectivity index (χ2n) is 5.87. The van der Waals surface area contributed by atoms with Gasteiger partial charge in [0.25, 0.3) is 0 Å². The average molecular weight is 267 g/mol. The summed E-state index contributed by atoms with van der Waals surface area (Å²) in [5.74, 6) is 0.125. The molecule has 0 atom stereocenters. The van der Waals surface area contributed by atoms with Crippen LogP contribution in [0.15, 0.2) is 12.3 Å². The van der Waals surface area contributed by atoms with E-state index in [1.165, 1.54) is 0 Å². The standard InChI is InChI=1S/C15H26FN3/c1-5-6-7-9-17-14-13(16)12(8-10-18-14)11-19-15(2,3)4/h8,10,19H,5-7,9,11H2,1-4H3,(H,17,18). The third-order valence-electron chi connectivity index (χ3n) is 2.85. The van der Waals surface area contributed by atoms with Crippen molar-refractivity contribution in [3.05, 3.63) is 23.6 Å². The van der Waals surface area contributed by atoms with Crippen LogP contribution in [0.5, 0.6) is 0 Å². The number of nitrogens with one attached hydrogen (secondary N) is 2. The van der Waals surface area contributed by atoms with Gasteiger partial charge < -0.3 is 10.6 Å². The van der Waals surface area contributed by atoms with Crippen molar-refractivity contribution in [2.75, 3.05) is 11.9 Å². The number of rotatable bonds is 7. The molecule has 0 unspecified atom stereocenters. The molecule has 1 heterocycles. The summed E-state index contributed by atoms with van der Waals surface area (Å²) in [6, 6.07) is 1.73. The fourth-order valence-electron chi connectivity index (χ4n) is 1.69. The van der Waals surface area contributed by atoms with Crippen LogP contribution in [0.3, 0.4) is 0 Å². The van der Waals surface area contributed by atoms with E-state index in [0.29, 0.717) is 17.9 Å². The van der Waals surface area contributed by atoms with Crippen LogP contribution in [-0.4, -0.2) is 17.1 Å². The van der Waals surface area contributed by atoms with E-state index in [9.17, 15) is 4.39 Å². The predicted molar refractivity (Wildman–Crippen MR) is 78.8 cm³/mol. The van der Waals surface area contributed by atoms with Crippen molar-refractivity contribution in [3.63, 3.8) is 0 Å². The van der Waals surface area contributed by atoms with Crippen molar-refractivity contribution in [2.24, 2.45) is 0 Å². The Hall–Kier alpha value is -1.16. The van der Waals surface area contributed by atoms with Gasteiger partial charge in [0.15, 0.2) is 11.6 Å². The van der Waals surface area contributed by atoms with Gasteiger partial charge in [-0.15, -0.1) is 0 Å². The van der Waals surface area contributed by atoms with Gasteiger partial charge in [0.2, 0.25) is 0 Å². The van der Waals surface area contributed by atoms with Crippen molar-refractivity contribution in [3.8, 4) is 0 Å². The van der Waals surface area contributed by atoms with Crippen LogP contribution < -0.4 is 10.6 Å². The molecule has 0 saturated heterocycles. The van der Waals surface area contributed by atoms with Crippen molar-refractivity contribution in [1.29, 1.82) is 0 Å². The molecule has 0 amide bonds. The summed E-state index contributed by atoms with van der Waals surface area (Å²) < 4.78 is 14.2. The maximum Gasteiger partial charge on any atom is 0.169 e. The highest BCUT2D eigenvalue weighted by atomic mass is 19.1. The quantitative estimate of drug-likeness (QED) is 0.739. The topological polar surface area (TPSA) is 37.0 Å². The zero-order valence-corrected chi connectivity index (χ0v) is 12.5. The minimum Gasteiger partial charge on any atom is -0.368 e. The summed E-state index contributed by atoms with van der Waals surface area (Å²) in [6.07, 6.45) is 5.01. The molecule has 1 aromatic rings. The molecule has 0 radical (unpaired) electrons. The normalized spacial score (nSPS) is 11.6. The Morgan fingerprint density at radius 2 is 2.00 bits per heavy atom. The van der Waals surface area contributed by atoms with Gasteiger partial charge in [0.1, 0.15) is 0 Å². The molecule has 1 rings (SSSR count). The van der Waals surface area contributed by atoms with Crippen molar-refractivity contribution < 1.29 is 4.39 Å². The molecule has 19 heavy (non-hydrogen) atoms. The molecular weight excluding hydrogens is 241 g/mol. The van der Waals surface area contributed by atoms with Crippen LogP contribution in [0.4, 0.5) is 10.2 Å². The van der Waals surface area contributed by atoms with Crippen molar-refractivity contribution >= 4 is 5.82 Å². The maximum atomic E-state index is 14.2. The van der Waals surface area contributed by atoms with E-state index < -0.39 is 0 Å². The highest BCUT2D eigenvalue weighted by Crippen LogP contribution is 2.16. The summed E-state index contributed by atoms with van der Waals surface area (Å²) in [7, 11) is 0. The van der Waals surface area contributed by atoms with Crippen LogP contribution in [0, 0.1) is 5.82 Å². The van der Waals surface area contributed by atoms with Gasteiger partial charge in [-0.05, 0) is 33.3 Å². The van der Waals surface area contributed by atoms with Crippen molar-refractivity contribution in [2.45, 2.75) is 59.0 Å². The molecule has 0 aliphatic carbocycles. The molecule has 0 aromatic carbocycles. The Morgan fingerprint density at radius 1 is 1.26 bits per heavy atom. The first-order chi connectivity index (χ1) is 8.94. The third kappa shape index (κ3) is 6.01. The van der Waals surface area contributed by atoms with E-state index in [2.05, 4.69) is 43.3 Å². The van der Waals surface area contributed by atoms with Gasteiger partial charge in [0, 0.05) is 30.4 Å². The van der Waals surface area contributed by atoms with E-state index in [-0.39, 0.29) is 11.4 Å². The lowest BCUT2D eigenvalue weighted by atomic mass is 10.1. The lowest BCUT2D eigenvalue weighted by molar-refractivity contribution is 0.418. The number of unbranched alkanes of at least 4 members (excludes halogenated alkanes) is 2. The third-order valence-corrected chi connectivity index (χ3v) is 2.85. The van der Waals surface area contributed by atoms with Crippen LogP contribution in [-0.2, 0) is 6.54 Å². The summed E-state index contributed by atoms with van der Waals surface area (Å²) in [6.45, 7) is 9.63. The summed E-state index contributed by atoms with van der Waals surface area (Å²) in [4.78, 5) is 4.07. The maximum absolute atomic E-state index is 14.2. The monoisotopic (exact) mass is 267 g/mol. The Bertz CT molecular complexity index is 385. The molecule has 1 aromatic heterocycles. The number of hydrogen-bond donors (Lipinski definition) is 2. The van der Waals surface area contributed by atoms with Gasteiger partial charge in [-0.3, -0.25) is 0 Å². The minimum absolute atomic E-state index is 0.0234. The van der Waals surface area contributed by atoms with Crippen LogP contribution >= 0.6 is 0 Å². The highest BCUT2D eigenvalue weighted by molar-refractivity contribution is 5.39. The van der Waals surface area contributed by atoms with Gasteiger partial charge in [-0.1, -0.05) is 19.8 Å². The van der Waals surface area contributed by atoms with Crippen molar-refractivity contribution in [1.82, 2.24) is 10.3 Å². The second-order valence-corrected chi connectivity index (χ2v) is 5.87. The molecule has 108 valence electrons. The summed E-state index contributed by atoms with van der Waals surface area (Å²) in [5.41, 5.74) is 0.632. The number of aromatic nitrogens is 1. The molecule has 0 spiro atoms.